The maximum atomic E-state index is 6.06. The summed E-state index contributed by atoms with van der Waals surface area (Å²) in [6.45, 7) is 3.28. The summed E-state index contributed by atoms with van der Waals surface area (Å²) >= 11 is 0. The number of nitrogens with one attached hydrogen (secondary N) is 1. The predicted molar refractivity (Wildman–Crippen MR) is 78.2 cm³/mol. The molecular weight excluding hydrogens is 234 g/mol. The van der Waals surface area contributed by atoms with Crippen LogP contribution in [0.3, 0.4) is 0 Å². The molecule has 2 nitrogen and oxygen atoms in total. The lowest BCUT2D eigenvalue weighted by Crippen LogP contribution is -2.30. The molecule has 0 bridgehead atoms. The van der Waals surface area contributed by atoms with Gasteiger partial charge in [0.25, 0.3) is 0 Å². The second-order valence-corrected chi connectivity index (χ2v) is 6.14. The standard InChI is InChI=1S/C17H25NO/c1-12-14(7-8-16(12)18-2)11-17-15-6-4-3-5-13(15)9-10-19-17/h3-6,12,14,16-18H,7-11H2,1-2H3. The summed E-state index contributed by atoms with van der Waals surface area (Å²) in [6.07, 6.45) is 5.25. The number of benzene rings is 1. The normalized spacial score (nSPS) is 34.2. The van der Waals surface area contributed by atoms with E-state index in [4.69, 9.17) is 4.74 Å². The molecule has 1 aliphatic heterocycles. The van der Waals surface area contributed by atoms with Crippen molar-refractivity contribution in [1.29, 1.82) is 0 Å². The lowest BCUT2D eigenvalue weighted by atomic mass is 9.86. The number of fused-ring (bicyclic) bond motifs is 1. The maximum Gasteiger partial charge on any atom is 0.0830 e. The van der Waals surface area contributed by atoms with Crippen molar-refractivity contribution < 1.29 is 4.74 Å². The van der Waals surface area contributed by atoms with E-state index < -0.39 is 0 Å². The summed E-state index contributed by atoms with van der Waals surface area (Å²) < 4.78 is 6.06. The summed E-state index contributed by atoms with van der Waals surface area (Å²) in [6, 6.07) is 9.52. The van der Waals surface area contributed by atoms with Crippen LogP contribution >= 0.6 is 0 Å². The van der Waals surface area contributed by atoms with Gasteiger partial charge in [0, 0.05) is 6.04 Å². The largest absolute Gasteiger partial charge is 0.373 e. The SMILES string of the molecule is CNC1CCC(CC2OCCc3ccccc32)C1C. The maximum absolute atomic E-state index is 6.06. The average molecular weight is 259 g/mol. The summed E-state index contributed by atoms with van der Waals surface area (Å²) in [7, 11) is 2.09. The molecule has 4 unspecified atom stereocenters. The minimum Gasteiger partial charge on any atom is -0.373 e. The third kappa shape index (κ3) is 2.56. The summed E-state index contributed by atoms with van der Waals surface area (Å²) in [4.78, 5) is 0. The van der Waals surface area contributed by atoms with Gasteiger partial charge in [-0.15, -0.1) is 0 Å². The first-order chi connectivity index (χ1) is 9.29. The van der Waals surface area contributed by atoms with E-state index in [1.807, 2.05) is 0 Å². The van der Waals surface area contributed by atoms with E-state index in [9.17, 15) is 0 Å². The molecule has 4 atom stereocenters. The highest BCUT2D eigenvalue weighted by atomic mass is 16.5. The number of hydrogen-bond acceptors (Lipinski definition) is 2. The second kappa shape index (κ2) is 5.64. The van der Waals surface area contributed by atoms with Crippen LogP contribution in [0.25, 0.3) is 0 Å². The fraction of sp³-hybridized carbons (Fsp3) is 0.647. The van der Waals surface area contributed by atoms with Crippen molar-refractivity contribution in [3.8, 4) is 0 Å². The van der Waals surface area contributed by atoms with E-state index >= 15 is 0 Å². The Labute approximate surface area is 116 Å². The van der Waals surface area contributed by atoms with Crippen molar-refractivity contribution in [3.05, 3.63) is 35.4 Å². The average Bonchev–Trinajstić information content (AvgIpc) is 2.80. The molecule has 2 heteroatoms. The van der Waals surface area contributed by atoms with E-state index in [0.29, 0.717) is 12.1 Å². The Morgan fingerprint density at radius 1 is 1.26 bits per heavy atom. The van der Waals surface area contributed by atoms with E-state index in [0.717, 1.165) is 24.9 Å². The minimum absolute atomic E-state index is 0.327. The van der Waals surface area contributed by atoms with Crippen LogP contribution < -0.4 is 5.32 Å². The van der Waals surface area contributed by atoms with Crippen molar-refractivity contribution >= 4 is 0 Å². The third-order valence-electron chi connectivity index (χ3n) is 5.21. The molecule has 1 aromatic rings. The summed E-state index contributed by atoms with van der Waals surface area (Å²) in [5, 5.41) is 3.46. The molecule has 0 saturated heterocycles. The highest BCUT2D eigenvalue weighted by molar-refractivity contribution is 5.31. The second-order valence-electron chi connectivity index (χ2n) is 6.14. The predicted octanol–water partition coefficient (Wildman–Crippen LogP) is 3.32. The highest BCUT2D eigenvalue weighted by Gasteiger charge is 2.34. The van der Waals surface area contributed by atoms with Crippen LogP contribution in [0, 0.1) is 11.8 Å². The highest BCUT2D eigenvalue weighted by Crippen LogP contribution is 2.40. The first-order valence-electron chi connectivity index (χ1n) is 7.66. The smallest absolute Gasteiger partial charge is 0.0830 e. The van der Waals surface area contributed by atoms with Gasteiger partial charge in [0.05, 0.1) is 12.7 Å². The van der Waals surface area contributed by atoms with Crippen LogP contribution in [0.2, 0.25) is 0 Å². The lowest BCUT2D eigenvalue weighted by Gasteiger charge is -2.30. The molecule has 0 radical (unpaired) electrons. The molecule has 2 aliphatic rings. The zero-order chi connectivity index (χ0) is 13.2. The van der Waals surface area contributed by atoms with Gasteiger partial charge in [0.15, 0.2) is 0 Å². The van der Waals surface area contributed by atoms with Gasteiger partial charge >= 0.3 is 0 Å². The van der Waals surface area contributed by atoms with Gasteiger partial charge in [-0.3, -0.25) is 0 Å². The van der Waals surface area contributed by atoms with Crippen molar-refractivity contribution in [2.24, 2.45) is 11.8 Å². The van der Waals surface area contributed by atoms with Gasteiger partial charge in [0.1, 0.15) is 0 Å². The molecule has 19 heavy (non-hydrogen) atoms. The summed E-state index contributed by atoms with van der Waals surface area (Å²) in [5.74, 6) is 1.57. The topological polar surface area (TPSA) is 21.3 Å². The van der Waals surface area contributed by atoms with Crippen molar-refractivity contribution in [1.82, 2.24) is 5.32 Å². The number of hydrogen-bond donors (Lipinski definition) is 1. The van der Waals surface area contributed by atoms with Crippen LogP contribution in [0.1, 0.15) is 43.4 Å². The van der Waals surface area contributed by atoms with Gasteiger partial charge < -0.3 is 10.1 Å². The van der Waals surface area contributed by atoms with Crippen molar-refractivity contribution in [3.63, 3.8) is 0 Å². The van der Waals surface area contributed by atoms with E-state index in [1.165, 1.54) is 30.4 Å². The fourth-order valence-electron chi connectivity index (χ4n) is 3.93. The van der Waals surface area contributed by atoms with Crippen LogP contribution in [0.15, 0.2) is 24.3 Å². The monoisotopic (exact) mass is 259 g/mol. The first-order valence-corrected chi connectivity index (χ1v) is 7.66. The zero-order valence-corrected chi connectivity index (χ0v) is 12.1. The minimum atomic E-state index is 0.327. The Balaban J connectivity index is 1.71. The molecule has 0 amide bonds. The first kappa shape index (κ1) is 13.1. The third-order valence-corrected chi connectivity index (χ3v) is 5.21. The van der Waals surface area contributed by atoms with E-state index in [-0.39, 0.29) is 0 Å². The van der Waals surface area contributed by atoms with Gasteiger partial charge in [-0.05, 0) is 55.7 Å². The van der Waals surface area contributed by atoms with Gasteiger partial charge in [-0.25, -0.2) is 0 Å². The van der Waals surface area contributed by atoms with Crippen molar-refractivity contribution in [2.45, 2.75) is 44.8 Å². The van der Waals surface area contributed by atoms with Crippen LogP contribution in [-0.4, -0.2) is 19.7 Å². The van der Waals surface area contributed by atoms with Gasteiger partial charge in [-0.1, -0.05) is 31.2 Å². The molecule has 0 aromatic heterocycles. The Morgan fingerprint density at radius 2 is 2.11 bits per heavy atom. The molecule has 104 valence electrons. The Bertz CT molecular complexity index is 431. The fourth-order valence-corrected chi connectivity index (χ4v) is 3.93. The Kier molecular flexibility index (Phi) is 3.90. The van der Waals surface area contributed by atoms with Crippen molar-refractivity contribution in [2.75, 3.05) is 13.7 Å². The molecule has 3 rings (SSSR count). The Hall–Kier alpha value is -0.860. The molecule has 1 aliphatic carbocycles. The zero-order valence-electron chi connectivity index (χ0n) is 12.1. The van der Waals surface area contributed by atoms with Crippen LogP contribution in [0.5, 0.6) is 0 Å². The molecular formula is C17H25NO. The van der Waals surface area contributed by atoms with Crippen LogP contribution in [0.4, 0.5) is 0 Å². The molecule has 1 saturated carbocycles. The number of ether oxygens (including phenoxy) is 1. The van der Waals surface area contributed by atoms with E-state index in [1.54, 1.807) is 0 Å². The molecule has 0 spiro atoms. The van der Waals surface area contributed by atoms with Gasteiger partial charge in [-0.2, -0.15) is 0 Å². The van der Waals surface area contributed by atoms with E-state index in [2.05, 4.69) is 43.6 Å². The molecule has 1 N–H and O–H groups in total. The van der Waals surface area contributed by atoms with Crippen LogP contribution in [-0.2, 0) is 11.2 Å². The molecule has 1 fully saturated rings. The quantitative estimate of drug-likeness (QED) is 0.899. The summed E-state index contributed by atoms with van der Waals surface area (Å²) in [5.41, 5.74) is 2.93. The molecule has 1 aromatic carbocycles. The lowest BCUT2D eigenvalue weighted by molar-refractivity contribution is 0.0213. The number of rotatable bonds is 3. The van der Waals surface area contributed by atoms with Gasteiger partial charge in [0.2, 0.25) is 0 Å². The molecule has 1 heterocycles. The Morgan fingerprint density at radius 3 is 2.89 bits per heavy atom.